The highest BCUT2D eigenvalue weighted by molar-refractivity contribution is 6.30. The van der Waals surface area contributed by atoms with Crippen LogP contribution in [0.2, 0.25) is 5.02 Å². The first kappa shape index (κ1) is 12.0. The van der Waals surface area contributed by atoms with Gasteiger partial charge in [-0.05, 0) is 43.5 Å². The van der Waals surface area contributed by atoms with Crippen LogP contribution in [-0.2, 0) is 0 Å². The summed E-state index contributed by atoms with van der Waals surface area (Å²) in [5, 5.41) is 13.0. The Morgan fingerprint density at radius 1 is 1.35 bits per heavy atom. The van der Waals surface area contributed by atoms with Gasteiger partial charge >= 0.3 is 6.09 Å². The van der Waals surface area contributed by atoms with Gasteiger partial charge < -0.3 is 10.4 Å². The summed E-state index contributed by atoms with van der Waals surface area (Å²) < 4.78 is 0. The second-order valence-corrected chi connectivity index (χ2v) is 4.58. The molecule has 0 aromatic heterocycles. The van der Waals surface area contributed by atoms with E-state index < -0.39 is 6.09 Å². The molecule has 1 saturated heterocycles. The van der Waals surface area contributed by atoms with Crippen LogP contribution in [0.3, 0.4) is 0 Å². The summed E-state index contributed by atoms with van der Waals surface area (Å²) >= 11 is 5.80. The fourth-order valence-electron chi connectivity index (χ4n) is 2.05. The predicted molar refractivity (Wildman–Crippen MR) is 67.4 cm³/mol. The van der Waals surface area contributed by atoms with Crippen LogP contribution in [-0.4, -0.2) is 28.8 Å². The summed E-state index contributed by atoms with van der Waals surface area (Å²) in [4.78, 5) is 12.5. The number of halogens is 1. The molecule has 1 aromatic carbocycles. The fraction of sp³-hybridized carbons (Fsp3) is 0.417. The van der Waals surface area contributed by atoms with E-state index in [4.69, 9.17) is 16.7 Å². The van der Waals surface area contributed by atoms with Gasteiger partial charge in [-0.2, -0.15) is 0 Å². The molecule has 1 aromatic rings. The fourth-order valence-corrected chi connectivity index (χ4v) is 2.18. The van der Waals surface area contributed by atoms with E-state index in [1.54, 1.807) is 12.1 Å². The van der Waals surface area contributed by atoms with E-state index in [-0.39, 0.29) is 6.17 Å². The molecular weight excluding hydrogens is 240 g/mol. The zero-order valence-electron chi connectivity index (χ0n) is 9.40. The van der Waals surface area contributed by atoms with Crippen molar-refractivity contribution in [1.82, 2.24) is 4.90 Å². The third kappa shape index (κ3) is 3.03. The second-order valence-electron chi connectivity index (χ2n) is 4.14. The van der Waals surface area contributed by atoms with Gasteiger partial charge in [0, 0.05) is 17.3 Å². The topological polar surface area (TPSA) is 52.6 Å². The molecule has 1 atom stereocenters. The molecule has 0 saturated carbocycles. The average Bonchev–Trinajstić information content (AvgIpc) is 2.32. The van der Waals surface area contributed by atoms with Gasteiger partial charge in [-0.15, -0.1) is 0 Å². The van der Waals surface area contributed by atoms with Gasteiger partial charge in [0.2, 0.25) is 0 Å². The standard InChI is InChI=1S/C12H15ClN2O2/c13-9-4-6-10(7-5-9)14-11-3-1-2-8-15(11)12(16)17/h4-7,11,14H,1-3,8H2,(H,16,17). The summed E-state index contributed by atoms with van der Waals surface area (Å²) in [6.07, 6.45) is 1.83. The van der Waals surface area contributed by atoms with Crippen molar-refractivity contribution in [3.8, 4) is 0 Å². The maximum atomic E-state index is 11.1. The molecule has 2 N–H and O–H groups in total. The number of nitrogens with zero attached hydrogens (tertiary/aromatic N) is 1. The molecule has 92 valence electrons. The minimum absolute atomic E-state index is 0.137. The van der Waals surface area contributed by atoms with Crippen LogP contribution in [0.5, 0.6) is 0 Å². The number of piperidine rings is 1. The van der Waals surface area contributed by atoms with Crippen LogP contribution in [0.4, 0.5) is 10.5 Å². The van der Waals surface area contributed by atoms with E-state index in [0.717, 1.165) is 24.9 Å². The maximum absolute atomic E-state index is 11.1. The SMILES string of the molecule is O=C(O)N1CCCCC1Nc1ccc(Cl)cc1. The Morgan fingerprint density at radius 2 is 2.06 bits per heavy atom. The Morgan fingerprint density at radius 3 is 2.71 bits per heavy atom. The third-order valence-electron chi connectivity index (χ3n) is 2.93. The number of anilines is 1. The molecule has 4 nitrogen and oxygen atoms in total. The molecule has 1 fully saturated rings. The van der Waals surface area contributed by atoms with Gasteiger partial charge in [-0.25, -0.2) is 4.79 Å². The molecule has 0 spiro atoms. The number of likely N-dealkylation sites (tertiary alicyclic amines) is 1. The van der Waals surface area contributed by atoms with Crippen molar-refractivity contribution in [3.05, 3.63) is 29.3 Å². The third-order valence-corrected chi connectivity index (χ3v) is 3.18. The van der Waals surface area contributed by atoms with Gasteiger partial charge in [0.25, 0.3) is 0 Å². The first-order valence-electron chi connectivity index (χ1n) is 5.68. The molecule has 17 heavy (non-hydrogen) atoms. The van der Waals surface area contributed by atoms with Gasteiger partial charge in [0.1, 0.15) is 6.17 Å². The number of nitrogens with one attached hydrogen (secondary N) is 1. The molecule has 1 aliphatic rings. The van der Waals surface area contributed by atoms with E-state index >= 15 is 0 Å². The van der Waals surface area contributed by atoms with E-state index in [1.807, 2.05) is 12.1 Å². The Balaban J connectivity index is 2.05. The Hall–Kier alpha value is -1.42. The van der Waals surface area contributed by atoms with Crippen molar-refractivity contribution in [1.29, 1.82) is 0 Å². The van der Waals surface area contributed by atoms with Crippen molar-refractivity contribution in [2.45, 2.75) is 25.4 Å². The van der Waals surface area contributed by atoms with Crippen molar-refractivity contribution >= 4 is 23.4 Å². The first-order valence-corrected chi connectivity index (χ1v) is 6.06. The van der Waals surface area contributed by atoms with Crippen LogP contribution < -0.4 is 5.32 Å². The molecule has 1 amide bonds. The van der Waals surface area contributed by atoms with Crippen LogP contribution in [0.1, 0.15) is 19.3 Å². The lowest BCUT2D eigenvalue weighted by Gasteiger charge is -2.34. The van der Waals surface area contributed by atoms with Crippen LogP contribution >= 0.6 is 11.6 Å². The number of amides is 1. The maximum Gasteiger partial charge on any atom is 0.408 e. The second kappa shape index (κ2) is 5.27. The van der Waals surface area contributed by atoms with E-state index in [2.05, 4.69) is 5.32 Å². The number of carboxylic acid groups (broad SMARTS) is 1. The predicted octanol–water partition coefficient (Wildman–Crippen LogP) is 3.24. The highest BCUT2D eigenvalue weighted by Crippen LogP contribution is 2.21. The highest BCUT2D eigenvalue weighted by Gasteiger charge is 2.25. The minimum Gasteiger partial charge on any atom is -0.465 e. The quantitative estimate of drug-likeness (QED) is 0.852. The lowest BCUT2D eigenvalue weighted by atomic mass is 10.1. The van der Waals surface area contributed by atoms with Crippen LogP contribution in [0.15, 0.2) is 24.3 Å². The summed E-state index contributed by atoms with van der Waals surface area (Å²) in [7, 11) is 0. The number of carbonyl (C=O) groups is 1. The molecule has 0 bridgehead atoms. The van der Waals surface area contributed by atoms with Gasteiger partial charge in [0.15, 0.2) is 0 Å². The number of hydrogen-bond acceptors (Lipinski definition) is 2. The Kier molecular flexibility index (Phi) is 3.74. The highest BCUT2D eigenvalue weighted by atomic mass is 35.5. The molecule has 1 unspecified atom stereocenters. The van der Waals surface area contributed by atoms with Crippen molar-refractivity contribution < 1.29 is 9.90 Å². The Labute approximate surface area is 105 Å². The number of hydrogen-bond donors (Lipinski definition) is 2. The molecule has 1 aliphatic heterocycles. The average molecular weight is 255 g/mol. The van der Waals surface area contributed by atoms with E-state index in [0.29, 0.717) is 11.6 Å². The molecule has 0 aliphatic carbocycles. The first-order chi connectivity index (χ1) is 8.16. The normalized spacial score (nSPS) is 20.1. The molecular formula is C12H15ClN2O2. The molecule has 0 radical (unpaired) electrons. The van der Waals surface area contributed by atoms with Crippen LogP contribution in [0, 0.1) is 0 Å². The van der Waals surface area contributed by atoms with E-state index in [9.17, 15) is 4.79 Å². The van der Waals surface area contributed by atoms with Crippen molar-refractivity contribution in [2.24, 2.45) is 0 Å². The zero-order chi connectivity index (χ0) is 12.3. The Bertz CT molecular complexity index is 394. The number of rotatable bonds is 2. The lowest BCUT2D eigenvalue weighted by Crippen LogP contribution is -2.47. The zero-order valence-corrected chi connectivity index (χ0v) is 10.2. The van der Waals surface area contributed by atoms with Gasteiger partial charge in [-0.1, -0.05) is 11.6 Å². The number of benzene rings is 1. The van der Waals surface area contributed by atoms with Crippen molar-refractivity contribution in [2.75, 3.05) is 11.9 Å². The van der Waals surface area contributed by atoms with Crippen LogP contribution in [0.25, 0.3) is 0 Å². The molecule has 5 heteroatoms. The minimum atomic E-state index is -0.865. The monoisotopic (exact) mass is 254 g/mol. The molecule has 1 heterocycles. The van der Waals surface area contributed by atoms with Crippen molar-refractivity contribution in [3.63, 3.8) is 0 Å². The largest absolute Gasteiger partial charge is 0.465 e. The van der Waals surface area contributed by atoms with Gasteiger partial charge in [-0.3, -0.25) is 4.90 Å². The summed E-state index contributed by atoms with van der Waals surface area (Å²) in [6.45, 7) is 0.598. The lowest BCUT2D eigenvalue weighted by molar-refractivity contribution is 0.115. The summed E-state index contributed by atoms with van der Waals surface area (Å²) in [6, 6.07) is 7.30. The van der Waals surface area contributed by atoms with E-state index in [1.165, 1.54) is 4.90 Å². The summed E-state index contributed by atoms with van der Waals surface area (Å²) in [5.74, 6) is 0. The summed E-state index contributed by atoms with van der Waals surface area (Å²) in [5.41, 5.74) is 0.896. The van der Waals surface area contributed by atoms with Gasteiger partial charge in [0.05, 0.1) is 0 Å². The smallest absolute Gasteiger partial charge is 0.408 e. The molecule has 2 rings (SSSR count).